The number of pyridine rings is 1. The van der Waals surface area contributed by atoms with Gasteiger partial charge in [0.1, 0.15) is 11.3 Å². The van der Waals surface area contributed by atoms with Gasteiger partial charge in [0.05, 0.1) is 0 Å². The van der Waals surface area contributed by atoms with Crippen LogP contribution in [-0.4, -0.2) is 17.7 Å². The molecule has 1 aromatic rings. The van der Waals surface area contributed by atoms with Gasteiger partial charge in [0, 0.05) is 19.3 Å². The number of rotatable bonds is 5. The van der Waals surface area contributed by atoms with Crippen molar-refractivity contribution in [1.82, 2.24) is 9.88 Å². The third-order valence-electron chi connectivity index (χ3n) is 3.91. The van der Waals surface area contributed by atoms with Crippen molar-refractivity contribution in [3.05, 3.63) is 48.1 Å². The van der Waals surface area contributed by atoms with Crippen LogP contribution in [0.25, 0.3) is 5.82 Å². The molecule has 0 aromatic carbocycles. The van der Waals surface area contributed by atoms with Crippen LogP contribution in [0.1, 0.15) is 45.4 Å². The first kappa shape index (κ1) is 15.6. The van der Waals surface area contributed by atoms with Crippen molar-refractivity contribution in [3.63, 3.8) is 0 Å². The summed E-state index contributed by atoms with van der Waals surface area (Å²) in [5, 5.41) is 3.72. The lowest BCUT2D eigenvalue weighted by Crippen LogP contribution is -2.35. The van der Waals surface area contributed by atoms with Crippen LogP contribution in [0.5, 0.6) is 0 Å². The van der Waals surface area contributed by atoms with E-state index in [0.717, 1.165) is 17.7 Å². The zero-order valence-electron chi connectivity index (χ0n) is 13.3. The van der Waals surface area contributed by atoms with Gasteiger partial charge < -0.3 is 5.32 Å². The molecule has 1 saturated carbocycles. The number of hydrogen-bond acceptors (Lipinski definition) is 2. The van der Waals surface area contributed by atoms with Gasteiger partial charge in [-0.2, -0.15) is 0 Å². The summed E-state index contributed by atoms with van der Waals surface area (Å²) in [6, 6.07) is 6.70. The first-order valence-corrected chi connectivity index (χ1v) is 8.09. The third-order valence-corrected chi connectivity index (χ3v) is 3.91. The van der Waals surface area contributed by atoms with Crippen LogP contribution < -0.4 is 10.8 Å². The summed E-state index contributed by atoms with van der Waals surface area (Å²) in [5.74, 6) is 1.12. The van der Waals surface area contributed by atoms with Crippen molar-refractivity contribution >= 4 is 5.82 Å². The van der Waals surface area contributed by atoms with Gasteiger partial charge >= 0.3 is 0 Å². The predicted octanol–water partition coefficient (Wildman–Crippen LogP) is 3.71. The minimum absolute atomic E-state index is 0.581. The molecule has 0 spiro atoms. The summed E-state index contributed by atoms with van der Waals surface area (Å²) < 4.78 is 2.13. The molecule has 0 amide bonds. The number of hydrogen-bond donors (Lipinski definition) is 1. The van der Waals surface area contributed by atoms with E-state index < -0.39 is 0 Å². The molecule has 0 saturated heterocycles. The fourth-order valence-electron chi connectivity index (χ4n) is 2.77. The standard InChI is InChI=1S/C18H27N3/c1-3-4-6-14-18(20-16-11-7-5-8-12-16)21-15-10-9-13-17(21)19-2/h4,6,9-10,13-16,20H,3,5,7-8,11-12H2,1-2H3/b6-4+,18-14+,19-17?. The van der Waals surface area contributed by atoms with Crippen molar-refractivity contribution in [3.8, 4) is 0 Å². The monoisotopic (exact) mass is 285 g/mol. The summed E-state index contributed by atoms with van der Waals surface area (Å²) in [7, 11) is 1.84. The predicted molar refractivity (Wildman–Crippen MR) is 89.6 cm³/mol. The molecule has 1 heterocycles. The third kappa shape index (κ3) is 4.62. The summed E-state index contributed by atoms with van der Waals surface area (Å²) in [6.07, 6.45) is 16.2. The number of aromatic nitrogens is 1. The Kier molecular flexibility index (Phi) is 6.32. The second-order valence-corrected chi connectivity index (χ2v) is 5.52. The van der Waals surface area contributed by atoms with Crippen LogP contribution in [0.15, 0.2) is 47.6 Å². The maximum absolute atomic E-state index is 4.37. The molecule has 0 unspecified atom stereocenters. The van der Waals surface area contributed by atoms with E-state index in [1.165, 1.54) is 32.1 Å². The molecule has 114 valence electrons. The Hall–Kier alpha value is -1.77. The lowest BCUT2D eigenvalue weighted by Gasteiger charge is -2.26. The molecule has 1 aromatic heterocycles. The summed E-state index contributed by atoms with van der Waals surface area (Å²) in [5.41, 5.74) is 0.969. The molecule has 1 N–H and O–H groups in total. The highest BCUT2D eigenvalue weighted by Gasteiger charge is 2.14. The van der Waals surface area contributed by atoms with Crippen LogP contribution in [-0.2, 0) is 0 Å². The van der Waals surface area contributed by atoms with Crippen LogP contribution >= 0.6 is 0 Å². The maximum Gasteiger partial charge on any atom is 0.132 e. The van der Waals surface area contributed by atoms with E-state index >= 15 is 0 Å². The second kappa shape index (κ2) is 8.50. The first-order valence-electron chi connectivity index (χ1n) is 8.09. The molecular formula is C18H27N3. The van der Waals surface area contributed by atoms with Crippen molar-refractivity contribution in [1.29, 1.82) is 0 Å². The molecule has 3 heteroatoms. The van der Waals surface area contributed by atoms with Gasteiger partial charge in [-0.25, -0.2) is 0 Å². The van der Waals surface area contributed by atoms with Crippen molar-refractivity contribution in [2.75, 3.05) is 7.05 Å². The van der Waals surface area contributed by atoms with E-state index in [4.69, 9.17) is 0 Å². The number of nitrogens with one attached hydrogen (secondary N) is 1. The van der Waals surface area contributed by atoms with Crippen LogP contribution in [0, 0.1) is 0 Å². The Morgan fingerprint density at radius 1 is 1.33 bits per heavy atom. The van der Waals surface area contributed by atoms with E-state index in [2.05, 4.69) is 52.3 Å². The molecule has 1 aliphatic rings. The lowest BCUT2D eigenvalue weighted by atomic mass is 9.95. The molecule has 0 bridgehead atoms. The molecule has 0 atom stereocenters. The van der Waals surface area contributed by atoms with Crippen LogP contribution in [0.2, 0.25) is 0 Å². The van der Waals surface area contributed by atoms with Gasteiger partial charge in [-0.3, -0.25) is 9.56 Å². The van der Waals surface area contributed by atoms with Crippen LogP contribution in [0.4, 0.5) is 0 Å². The SMILES string of the molecule is CC/C=C/C=C(\NC1CCCCC1)n1ccccc1=NC. The van der Waals surface area contributed by atoms with Gasteiger partial charge in [-0.15, -0.1) is 0 Å². The molecule has 2 rings (SSSR count). The lowest BCUT2D eigenvalue weighted by molar-refractivity contribution is 0.404. The number of allylic oxidation sites excluding steroid dienone is 3. The average Bonchev–Trinajstić information content (AvgIpc) is 2.55. The molecule has 21 heavy (non-hydrogen) atoms. The summed E-state index contributed by atoms with van der Waals surface area (Å²) in [4.78, 5) is 4.37. The Morgan fingerprint density at radius 3 is 2.86 bits per heavy atom. The second-order valence-electron chi connectivity index (χ2n) is 5.52. The van der Waals surface area contributed by atoms with Gasteiger partial charge in [0.25, 0.3) is 0 Å². The van der Waals surface area contributed by atoms with E-state index in [0.29, 0.717) is 6.04 Å². The van der Waals surface area contributed by atoms with Crippen molar-refractivity contribution < 1.29 is 0 Å². The largest absolute Gasteiger partial charge is 0.368 e. The van der Waals surface area contributed by atoms with Gasteiger partial charge in [0.2, 0.25) is 0 Å². The topological polar surface area (TPSA) is 29.3 Å². The highest BCUT2D eigenvalue weighted by molar-refractivity contribution is 5.46. The highest BCUT2D eigenvalue weighted by Crippen LogP contribution is 2.19. The molecule has 1 aliphatic carbocycles. The van der Waals surface area contributed by atoms with E-state index in [9.17, 15) is 0 Å². The molecule has 3 nitrogen and oxygen atoms in total. The summed E-state index contributed by atoms with van der Waals surface area (Å²) in [6.45, 7) is 2.15. The van der Waals surface area contributed by atoms with E-state index in [-0.39, 0.29) is 0 Å². The Morgan fingerprint density at radius 2 is 2.14 bits per heavy atom. The zero-order valence-corrected chi connectivity index (χ0v) is 13.3. The van der Waals surface area contributed by atoms with Crippen molar-refractivity contribution in [2.24, 2.45) is 4.99 Å². The number of nitrogens with zero attached hydrogens (tertiary/aromatic N) is 2. The fraction of sp³-hybridized carbons (Fsp3) is 0.500. The Balaban J connectivity index is 2.27. The molecular weight excluding hydrogens is 258 g/mol. The highest BCUT2D eigenvalue weighted by atomic mass is 15.2. The van der Waals surface area contributed by atoms with Gasteiger partial charge in [-0.05, 0) is 37.5 Å². The molecule has 1 fully saturated rings. The van der Waals surface area contributed by atoms with Gasteiger partial charge in [-0.1, -0.05) is 44.4 Å². The Labute approximate surface area is 128 Å². The zero-order chi connectivity index (χ0) is 14.9. The normalized spacial score (nSPS) is 18.4. The quantitative estimate of drug-likeness (QED) is 0.821. The average molecular weight is 285 g/mol. The fourth-order valence-corrected chi connectivity index (χ4v) is 2.77. The van der Waals surface area contributed by atoms with Crippen LogP contribution in [0.3, 0.4) is 0 Å². The first-order chi connectivity index (χ1) is 10.3. The molecule has 0 radical (unpaired) electrons. The maximum atomic E-state index is 4.37. The minimum Gasteiger partial charge on any atom is -0.368 e. The van der Waals surface area contributed by atoms with E-state index in [1.54, 1.807) is 0 Å². The smallest absolute Gasteiger partial charge is 0.132 e. The summed E-state index contributed by atoms with van der Waals surface area (Å²) >= 11 is 0. The molecule has 0 aliphatic heterocycles. The van der Waals surface area contributed by atoms with Crippen molar-refractivity contribution in [2.45, 2.75) is 51.5 Å². The van der Waals surface area contributed by atoms with E-state index in [1.807, 2.05) is 19.2 Å². The minimum atomic E-state index is 0.581. The van der Waals surface area contributed by atoms with Gasteiger partial charge in [0.15, 0.2) is 0 Å². The Bertz CT molecular complexity index is 546.